The van der Waals surface area contributed by atoms with Gasteiger partial charge in [0.05, 0.1) is 9.75 Å². The van der Waals surface area contributed by atoms with Crippen LogP contribution >= 0.6 is 22.7 Å². The lowest BCUT2D eigenvalue weighted by Crippen LogP contribution is -2.32. The summed E-state index contributed by atoms with van der Waals surface area (Å²) in [7, 11) is -1.66. The second-order valence-corrected chi connectivity index (χ2v) is 5.10. The van der Waals surface area contributed by atoms with Gasteiger partial charge in [0.15, 0.2) is 6.29 Å². The normalized spacial score (nSPS) is 10.2. The molecule has 0 unspecified atom stereocenters. The Labute approximate surface area is 105 Å². The maximum Gasteiger partial charge on any atom is 0.490 e. The molecule has 2 rings (SSSR count). The van der Waals surface area contributed by atoms with Crippen LogP contribution in [0.5, 0.6) is 0 Å². The van der Waals surface area contributed by atoms with E-state index in [0.717, 1.165) is 22.7 Å². The second-order valence-electron chi connectivity index (χ2n) is 3.27. The molecule has 0 aromatic carbocycles. The molecule has 2 aromatic rings. The zero-order chi connectivity index (χ0) is 12.4. The summed E-state index contributed by atoms with van der Waals surface area (Å²) in [6, 6.07) is 2.99. The van der Waals surface area contributed by atoms with Crippen LogP contribution in [0.3, 0.4) is 0 Å². The van der Waals surface area contributed by atoms with Crippen molar-refractivity contribution in [1.29, 1.82) is 0 Å². The number of carbonyl (C=O) groups is 2. The summed E-state index contributed by atoms with van der Waals surface area (Å²) >= 11 is 2.31. The minimum Gasteiger partial charge on any atom is -0.423 e. The lowest BCUT2D eigenvalue weighted by Gasteiger charge is -1.99. The quantitative estimate of drug-likeness (QED) is 0.481. The van der Waals surface area contributed by atoms with Crippen LogP contribution < -0.4 is 5.46 Å². The molecular formula is C10H7BO4S2. The van der Waals surface area contributed by atoms with Gasteiger partial charge in [-0.25, -0.2) is 0 Å². The molecule has 86 valence electrons. The van der Waals surface area contributed by atoms with E-state index in [4.69, 9.17) is 10.0 Å². The average molecular weight is 266 g/mol. The Morgan fingerprint density at radius 2 is 2.12 bits per heavy atom. The number of ketones is 1. The van der Waals surface area contributed by atoms with Crippen molar-refractivity contribution in [1.82, 2.24) is 0 Å². The van der Waals surface area contributed by atoms with Crippen LogP contribution in [0.4, 0.5) is 0 Å². The van der Waals surface area contributed by atoms with E-state index in [1.54, 1.807) is 10.8 Å². The Hall–Kier alpha value is -1.28. The smallest absolute Gasteiger partial charge is 0.423 e. The first kappa shape index (κ1) is 12.2. The molecule has 7 heteroatoms. The number of rotatable bonds is 4. The standard InChI is InChI=1S/C10H7BO4S2/c12-4-6-3-8(17-5-6)9(13)10-7(11(14)15)1-2-16-10/h1-5,14-15H. The molecule has 17 heavy (non-hydrogen) atoms. The van der Waals surface area contributed by atoms with Gasteiger partial charge in [0, 0.05) is 16.4 Å². The van der Waals surface area contributed by atoms with Gasteiger partial charge in [-0.3, -0.25) is 9.59 Å². The van der Waals surface area contributed by atoms with E-state index in [0.29, 0.717) is 21.6 Å². The van der Waals surface area contributed by atoms with E-state index in [1.807, 2.05) is 0 Å². The molecule has 2 N–H and O–H groups in total. The summed E-state index contributed by atoms with van der Waals surface area (Å²) in [5.41, 5.74) is 0.641. The fraction of sp³-hybridized carbons (Fsp3) is 0. The van der Waals surface area contributed by atoms with Crippen LogP contribution in [-0.2, 0) is 0 Å². The van der Waals surface area contributed by atoms with Crippen molar-refractivity contribution in [2.75, 3.05) is 0 Å². The molecule has 0 spiro atoms. The highest BCUT2D eigenvalue weighted by Gasteiger charge is 2.23. The maximum absolute atomic E-state index is 12.0. The Balaban J connectivity index is 2.36. The first-order valence-electron chi connectivity index (χ1n) is 4.65. The first-order chi connectivity index (χ1) is 8.13. The van der Waals surface area contributed by atoms with E-state index in [-0.39, 0.29) is 11.2 Å². The first-order valence-corrected chi connectivity index (χ1v) is 6.41. The van der Waals surface area contributed by atoms with Crippen LogP contribution in [0.25, 0.3) is 0 Å². The fourth-order valence-electron chi connectivity index (χ4n) is 1.35. The summed E-state index contributed by atoms with van der Waals surface area (Å²) in [4.78, 5) is 23.3. The van der Waals surface area contributed by atoms with Crippen LogP contribution in [-0.4, -0.2) is 29.2 Å². The molecule has 2 heterocycles. The average Bonchev–Trinajstić information content (AvgIpc) is 2.97. The van der Waals surface area contributed by atoms with Gasteiger partial charge in [-0.1, -0.05) is 6.07 Å². The highest BCUT2D eigenvalue weighted by atomic mass is 32.1. The van der Waals surface area contributed by atoms with Crippen LogP contribution in [0, 0.1) is 0 Å². The summed E-state index contributed by atoms with van der Waals surface area (Å²) in [5.74, 6) is -0.291. The number of hydrogen-bond acceptors (Lipinski definition) is 6. The fourth-order valence-corrected chi connectivity index (χ4v) is 3.09. The molecule has 0 aliphatic rings. The van der Waals surface area contributed by atoms with E-state index in [1.165, 1.54) is 12.1 Å². The topological polar surface area (TPSA) is 74.6 Å². The molecule has 2 aromatic heterocycles. The number of hydrogen-bond donors (Lipinski definition) is 2. The van der Waals surface area contributed by atoms with Crippen LogP contribution in [0.15, 0.2) is 22.9 Å². The zero-order valence-corrected chi connectivity index (χ0v) is 10.1. The second kappa shape index (κ2) is 4.93. The molecule has 0 aliphatic carbocycles. The van der Waals surface area contributed by atoms with Gasteiger partial charge in [-0.15, -0.1) is 22.7 Å². The molecule has 0 saturated carbocycles. The lowest BCUT2D eigenvalue weighted by molar-refractivity contribution is 0.104. The SMILES string of the molecule is O=Cc1csc(C(=O)c2sccc2B(O)O)c1. The number of aldehydes is 1. The largest absolute Gasteiger partial charge is 0.490 e. The summed E-state index contributed by atoms with van der Waals surface area (Å²) < 4.78 is 0. The predicted molar refractivity (Wildman–Crippen MR) is 67.3 cm³/mol. The molecular weight excluding hydrogens is 259 g/mol. The Morgan fingerprint density at radius 3 is 2.71 bits per heavy atom. The van der Waals surface area contributed by atoms with Crippen molar-refractivity contribution >= 4 is 47.3 Å². The predicted octanol–water partition coefficient (Wildman–Crippen LogP) is 0.533. The van der Waals surface area contributed by atoms with Gasteiger partial charge in [0.25, 0.3) is 0 Å². The number of carbonyl (C=O) groups excluding carboxylic acids is 2. The van der Waals surface area contributed by atoms with Gasteiger partial charge in [0.2, 0.25) is 5.78 Å². The van der Waals surface area contributed by atoms with Crippen LogP contribution in [0.1, 0.15) is 24.9 Å². The van der Waals surface area contributed by atoms with Gasteiger partial charge < -0.3 is 10.0 Å². The molecule has 0 bridgehead atoms. The maximum atomic E-state index is 12.0. The van der Waals surface area contributed by atoms with Crippen molar-refractivity contribution in [3.63, 3.8) is 0 Å². The van der Waals surface area contributed by atoms with Gasteiger partial charge in [-0.05, 0) is 11.4 Å². The van der Waals surface area contributed by atoms with Crippen molar-refractivity contribution in [2.45, 2.75) is 0 Å². The minimum atomic E-state index is -1.66. The molecule has 0 radical (unpaired) electrons. The molecule has 4 nitrogen and oxygen atoms in total. The van der Waals surface area contributed by atoms with Gasteiger partial charge >= 0.3 is 7.12 Å². The van der Waals surface area contributed by atoms with Crippen molar-refractivity contribution in [3.8, 4) is 0 Å². The molecule has 0 aliphatic heterocycles. The molecule has 0 atom stereocenters. The molecule has 0 saturated heterocycles. The minimum absolute atomic E-state index is 0.195. The zero-order valence-electron chi connectivity index (χ0n) is 8.49. The lowest BCUT2D eigenvalue weighted by atomic mass is 9.80. The van der Waals surface area contributed by atoms with Crippen LogP contribution in [0.2, 0.25) is 0 Å². The van der Waals surface area contributed by atoms with E-state index >= 15 is 0 Å². The molecule has 0 amide bonds. The van der Waals surface area contributed by atoms with Crippen molar-refractivity contribution in [2.24, 2.45) is 0 Å². The molecule has 0 fully saturated rings. The Kier molecular flexibility index (Phi) is 3.53. The summed E-state index contributed by atoms with van der Waals surface area (Å²) in [5, 5.41) is 21.4. The Morgan fingerprint density at radius 1 is 1.35 bits per heavy atom. The van der Waals surface area contributed by atoms with Crippen molar-refractivity contribution in [3.05, 3.63) is 38.2 Å². The monoisotopic (exact) mass is 266 g/mol. The van der Waals surface area contributed by atoms with Crippen molar-refractivity contribution < 1.29 is 19.6 Å². The third-order valence-corrected chi connectivity index (χ3v) is 4.04. The summed E-state index contributed by atoms with van der Waals surface area (Å²) in [6.45, 7) is 0. The highest BCUT2D eigenvalue weighted by Crippen LogP contribution is 2.19. The van der Waals surface area contributed by atoms with E-state index in [2.05, 4.69) is 0 Å². The summed E-state index contributed by atoms with van der Waals surface area (Å²) in [6.07, 6.45) is 0.670. The van der Waals surface area contributed by atoms with E-state index in [9.17, 15) is 9.59 Å². The van der Waals surface area contributed by atoms with Gasteiger partial charge in [-0.2, -0.15) is 0 Å². The Bertz CT molecular complexity index is 558. The number of thiophene rings is 2. The third-order valence-electron chi connectivity index (χ3n) is 2.16. The third kappa shape index (κ3) is 2.37. The van der Waals surface area contributed by atoms with E-state index < -0.39 is 7.12 Å². The van der Waals surface area contributed by atoms with Gasteiger partial charge in [0.1, 0.15) is 0 Å². The highest BCUT2D eigenvalue weighted by molar-refractivity contribution is 7.16.